The van der Waals surface area contributed by atoms with Gasteiger partial charge in [-0.3, -0.25) is 9.78 Å². The van der Waals surface area contributed by atoms with Gasteiger partial charge in [0.15, 0.2) is 11.5 Å². The zero-order valence-electron chi connectivity index (χ0n) is 32.4. The molecule has 0 aliphatic carbocycles. The Morgan fingerprint density at radius 2 is 1.49 bits per heavy atom. The Balaban J connectivity index is 0.000000335. The average Bonchev–Trinajstić information content (AvgIpc) is 3.53. The average molecular weight is 867 g/mol. The summed E-state index contributed by atoms with van der Waals surface area (Å²) in [6, 6.07) is 22.3. The molecule has 0 bridgehead atoms. The number of fused-ring (bicyclic) bond motifs is 2. The number of rotatable bonds is 11. The van der Waals surface area contributed by atoms with Crippen LogP contribution < -0.4 is 0 Å². The van der Waals surface area contributed by atoms with Crippen LogP contribution in [-0.2, 0) is 36.7 Å². The van der Waals surface area contributed by atoms with Crippen molar-refractivity contribution in [3.05, 3.63) is 90.1 Å². The van der Waals surface area contributed by atoms with Gasteiger partial charge in [0.25, 0.3) is 0 Å². The van der Waals surface area contributed by atoms with Crippen LogP contribution in [0.15, 0.2) is 77.2 Å². The molecule has 3 aromatic heterocycles. The maximum absolute atomic E-state index is 12.2. The van der Waals surface area contributed by atoms with E-state index in [2.05, 4.69) is 93.1 Å². The number of aliphatic hydroxyl groups is 1. The summed E-state index contributed by atoms with van der Waals surface area (Å²) in [5.74, 6) is 1.53. The normalized spacial score (nSPS) is 12.5. The third-order valence-corrected chi connectivity index (χ3v) is 10.4. The summed E-state index contributed by atoms with van der Waals surface area (Å²) in [5.41, 5.74) is 4.88. The van der Waals surface area contributed by atoms with Gasteiger partial charge in [-0.05, 0) is 67.7 Å². The van der Waals surface area contributed by atoms with Crippen molar-refractivity contribution in [3.8, 4) is 22.7 Å². The van der Waals surface area contributed by atoms with E-state index >= 15 is 0 Å². The van der Waals surface area contributed by atoms with Gasteiger partial charge in [-0.15, -0.1) is 29.1 Å². The van der Waals surface area contributed by atoms with Gasteiger partial charge in [0.2, 0.25) is 5.71 Å². The predicted molar refractivity (Wildman–Crippen MR) is 207 cm³/mol. The smallest absolute Gasteiger partial charge is 0.226 e. The number of pyridine rings is 1. The Labute approximate surface area is 319 Å². The third-order valence-electron chi connectivity index (χ3n) is 10.4. The SMILES string of the molecule is CC(C)Cc1ccc2cc(-c3cc(-c4[c-]c5ccccc5c(C(C)(C)C)c4)ncn3)oc2n1.CCC(C)(CC)C(=O)/C=C(\O)C(C)(CC)CC.[Ir]. The number of hydrogen-bond donors (Lipinski definition) is 1. The first kappa shape index (κ1) is 41.7. The van der Waals surface area contributed by atoms with Crippen LogP contribution in [0.4, 0.5) is 0 Å². The van der Waals surface area contributed by atoms with Crippen LogP contribution in [0.3, 0.4) is 0 Å². The van der Waals surface area contributed by atoms with Crippen LogP contribution in [0, 0.1) is 22.8 Å². The molecule has 0 amide bonds. The van der Waals surface area contributed by atoms with Crippen LogP contribution in [0.5, 0.6) is 0 Å². The second kappa shape index (κ2) is 17.2. The minimum atomic E-state index is -0.337. The Bertz CT molecular complexity index is 1960. The molecule has 5 rings (SSSR count). The minimum Gasteiger partial charge on any atom is -0.512 e. The third kappa shape index (κ3) is 9.81. The second-order valence-electron chi connectivity index (χ2n) is 15.5. The van der Waals surface area contributed by atoms with Gasteiger partial charge in [0.1, 0.15) is 17.8 Å². The molecule has 0 saturated carbocycles. The number of aliphatic hydroxyl groups excluding tert-OH is 1. The summed E-state index contributed by atoms with van der Waals surface area (Å²) >= 11 is 0. The van der Waals surface area contributed by atoms with Gasteiger partial charge < -0.3 is 9.52 Å². The summed E-state index contributed by atoms with van der Waals surface area (Å²) < 4.78 is 6.10. The van der Waals surface area contributed by atoms with Crippen molar-refractivity contribution in [2.75, 3.05) is 0 Å². The van der Waals surface area contributed by atoms with Crippen LogP contribution >= 0.6 is 0 Å². The molecular weight excluding hydrogens is 811 g/mol. The second-order valence-corrected chi connectivity index (χ2v) is 15.5. The van der Waals surface area contributed by atoms with Gasteiger partial charge in [-0.2, -0.15) is 0 Å². The molecule has 6 nitrogen and oxygen atoms in total. The Morgan fingerprint density at radius 1 is 0.863 bits per heavy atom. The van der Waals surface area contributed by atoms with Crippen molar-refractivity contribution in [1.29, 1.82) is 0 Å². The van der Waals surface area contributed by atoms with Gasteiger partial charge in [0.05, 0.1) is 0 Å². The van der Waals surface area contributed by atoms with E-state index in [1.54, 1.807) is 6.33 Å². The summed E-state index contributed by atoms with van der Waals surface area (Å²) in [6.07, 6.45) is 7.27. The molecule has 0 aliphatic heterocycles. The molecule has 0 aliphatic rings. The van der Waals surface area contributed by atoms with Crippen LogP contribution in [-0.4, -0.2) is 25.8 Å². The first-order valence-electron chi connectivity index (χ1n) is 18.2. The van der Waals surface area contributed by atoms with E-state index < -0.39 is 0 Å². The minimum absolute atomic E-state index is 0. The van der Waals surface area contributed by atoms with Crippen molar-refractivity contribution < 1.29 is 34.4 Å². The number of ketones is 1. The van der Waals surface area contributed by atoms with Gasteiger partial charge in [-0.1, -0.05) is 105 Å². The number of carbonyl (C=O) groups excluding carboxylic acids is 1. The van der Waals surface area contributed by atoms with Crippen LogP contribution in [0.25, 0.3) is 44.6 Å². The molecule has 0 fully saturated rings. The van der Waals surface area contributed by atoms with E-state index in [9.17, 15) is 9.90 Å². The maximum Gasteiger partial charge on any atom is 0.226 e. The van der Waals surface area contributed by atoms with E-state index in [-0.39, 0.29) is 47.9 Å². The first-order chi connectivity index (χ1) is 23.6. The summed E-state index contributed by atoms with van der Waals surface area (Å²) in [4.78, 5) is 25.9. The number of furan rings is 1. The number of aromatic nitrogens is 3. The van der Waals surface area contributed by atoms with Crippen molar-refractivity contribution >= 4 is 27.7 Å². The Morgan fingerprint density at radius 3 is 2.10 bits per heavy atom. The molecule has 3 heterocycles. The van der Waals surface area contributed by atoms with E-state index in [0.717, 1.165) is 65.5 Å². The molecule has 5 aromatic rings. The fourth-order valence-electron chi connectivity index (χ4n) is 5.93. The summed E-state index contributed by atoms with van der Waals surface area (Å²) in [5, 5.41) is 13.4. The number of nitrogens with zero attached hydrogens (tertiary/aromatic N) is 3. The molecule has 275 valence electrons. The Kier molecular flexibility index (Phi) is 14.1. The molecule has 0 unspecified atom stereocenters. The van der Waals surface area contributed by atoms with Crippen molar-refractivity contribution in [2.45, 2.75) is 114 Å². The fourth-order valence-corrected chi connectivity index (χ4v) is 5.93. The monoisotopic (exact) mass is 867 g/mol. The quantitative estimate of drug-likeness (QED) is 0.0808. The number of allylic oxidation sites excluding steroid dienone is 2. The molecule has 2 aromatic carbocycles. The topological polar surface area (TPSA) is 89.1 Å². The molecule has 0 spiro atoms. The zero-order chi connectivity index (χ0) is 36.9. The zero-order valence-corrected chi connectivity index (χ0v) is 34.8. The summed E-state index contributed by atoms with van der Waals surface area (Å²) in [7, 11) is 0. The molecule has 1 radical (unpaired) electrons. The van der Waals surface area contributed by atoms with E-state index in [0.29, 0.717) is 17.4 Å². The number of carbonyl (C=O) groups is 1. The van der Waals surface area contributed by atoms with Crippen molar-refractivity contribution in [3.63, 3.8) is 0 Å². The molecule has 7 heteroatoms. The van der Waals surface area contributed by atoms with Crippen LogP contribution in [0.2, 0.25) is 0 Å². The molecular formula is C44H56IrN3O3-. The standard InChI is InChI=1S/C29H28N3O.C15H28O2.Ir/c1-18(2)12-22-11-10-20-15-27(33-28(20)32-22)26-16-25(30-17-31-26)21-13-19-8-6-7-9-23(19)24(14-21)29(3,4)5;1-7-14(5,8-2)12(16)11-13(17)15(6,9-3)10-4;/h6-11,14-18H,12H2,1-5H3;11,16H,7-10H2,1-6H3;/q-1;;/b;12-11-;. The molecule has 51 heavy (non-hydrogen) atoms. The summed E-state index contributed by atoms with van der Waals surface area (Å²) in [6.45, 7) is 23.2. The van der Waals surface area contributed by atoms with E-state index in [1.807, 2.05) is 53.7 Å². The van der Waals surface area contributed by atoms with E-state index in [1.165, 1.54) is 17.0 Å². The number of hydrogen-bond acceptors (Lipinski definition) is 6. The molecule has 0 saturated heterocycles. The predicted octanol–water partition coefficient (Wildman–Crippen LogP) is 12.0. The van der Waals surface area contributed by atoms with Crippen LogP contribution in [0.1, 0.15) is 113 Å². The molecule has 0 atom stereocenters. The fraction of sp³-hybridized carbons (Fsp3) is 0.455. The van der Waals surface area contributed by atoms with Gasteiger partial charge >= 0.3 is 0 Å². The first-order valence-corrected chi connectivity index (χ1v) is 18.2. The van der Waals surface area contributed by atoms with E-state index in [4.69, 9.17) is 9.40 Å². The number of benzene rings is 2. The van der Waals surface area contributed by atoms with Crippen molar-refractivity contribution in [2.24, 2.45) is 16.7 Å². The van der Waals surface area contributed by atoms with Crippen molar-refractivity contribution in [1.82, 2.24) is 15.0 Å². The maximum atomic E-state index is 12.2. The van der Waals surface area contributed by atoms with Gasteiger partial charge in [-0.25, -0.2) is 9.97 Å². The largest absolute Gasteiger partial charge is 0.512 e. The Hall–Kier alpha value is -3.67. The van der Waals surface area contributed by atoms with Gasteiger partial charge in [0, 0.05) is 53.8 Å². The molecule has 1 N–H and O–H groups in total.